The van der Waals surface area contributed by atoms with E-state index in [2.05, 4.69) is 43.5 Å². The van der Waals surface area contributed by atoms with Crippen molar-refractivity contribution in [3.05, 3.63) is 88.7 Å². The minimum absolute atomic E-state index is 0.137. The van der Waals surface area contributed by atoms with Gasteiger partial charge < -0.3 is 9.53 Å². The van der Waals surface area contributed by atoms with Gasteiger partial charge in [0.25, 0.3) is 0 Å². The van der Waals surface area contributed by atoms with E-state index >= 15 is 0 Å². The number of benzene rings is 2. The van der Waals surface area contributed by atoms with Crippen molar-refractivity contribution in [2.24, 2.45) is 0 Å². The Kier molecular flexibility index (Phi) is 23.3. The minimum atomic E-state index is -0.261. The average Bonchev–Trinajstić information content (AvgIpc) is 3.40. The van der Waals surface area contributed by atoms with E-state index in [1.165, 1.54) is 18.5 Å². The molecule has 1 heterocycles. The summed E-state index contributed by atoms with van der Waals surface area (Å²) in [4.78, 5) is 13.8. The number of hydrogen-bond donors (Lipinski definition) is 0. The largest absolute Gasteiger partial charge is 0.367 e. The fourth-order valence-corrected chi connectivity index (χ4v) is 4.06. The van der Waals surface area contributed by atoms with E-state index in [1.807, 2.05) is 64.0 Å². The highest BCUT2D eigenvalue weighted by Crippen LogP contribution is 2.37. The van der Waals surface area contributed by atoms with E-state index in [9.17, 15) is 4.39 Å². The third-order valence-electron chi connectivity index (χ3n) is 4.20. The van der Waals surface area contributed by atoms with Gasteiger partial charge in [-0.25, -0.2) is 9.37 Å². The molecule has 1 unspecified atom stereocenters. The first-order chi connectivity index (χ1) is 18.1. The summed E-state index contributed by atoms with van der Waals surface area (Å²) in [5, 5.41) is 1.53. The molecule has 2 aromatic carbocycles. The molecule has 0 saturated carbocycles. The highest BCUT2D eigenvalue weighted by molar-refractivity contribution is 7.15. The Morgan fingerprint density at radius 3 is 2.19 bits per heavy atom. The normalized spacial score (nSPS) is 10.8. The number of terminal acetylenes is 1. The van der Waals surface area contributed by atoms with Crippen LogP contribution in [0.15, 0.2) is 77.9 Å². The molecule has 0 amide bonds. The van der Waals surface area contributed by atoms with E-state index in [1.54, 1.807) is 23.5 Å². The van der Waals surface area contributed by atoms with E-state index < -0.39 is 0 Å². The number of allylic oxidation sites excluding steroid dienone is 3. The molecular formula is C30H36Cl2FNO2S. The average molecular weight is 565 g/mol. The van der Waals surface area contributed by atoms with Gasteiger partial charge in [-0.05, 0) is 55.3 Å². The molecule has 3 rings (SSSR count). The van der Waals surface area contributed by atoms with Crippen LogP contribution in [0.25, 0.3) is 21.7 Å². The van der Waals surface area contributed by atoms with Crippen LogP contribution in [-0.2, 0) is 16.1 Å². The number of alkyl halides is 1. The SMILES string of the molecule is C#C.C=O.CC.CC/C=C\C(Cl)=C/C(C)OCc1nc(-c2ccc(F)cc2)c(-c2ccccc2)s1.CCl. The molecule has 3 aromatic rings. The lowest BCUT2D eigenvalue weighted by Gasteiger charge is -2.07. The van der Waals surface area contributed by atoms with E-state index in [0.717, 1.165) is 33.1 Å². The van der Waals surface area contributed by atoms with Crippen molar-refractivity contribution in [3.8, 4) is 34.5 Å². The van der Waals surface area contributed by atoms with Gasteiger partial charge in [0.15, 0.2) is 0 Å². The van der Waals surface area contributed by atoms with Crippen LogP contribution in [0.1, 0.15) is 39.1 Å². The van der Waals surface area contributed by atoms with Gasteiger partial charge in [-0.3, -0.25) is 0 Å². The van der Waals surface area contributed by atoms with Gasteiger partial charge in [0.05, 0.1) is 23.3 Å². The van der Waals surface area contributed by atoms with Crippen molar-refractivity contribution in [1.82, 2.24) is 4.98 Å². The molecule has 0 bridgehead atoms. The lowest BCUT2D eigenvalue weighted by molar-refractivity contribution is -0.0980. The summed E-state index contributed by atoms with van der Waals surface area (Å²) in [7, 11) is 0. The Balaban J connectivity index is 0. The number of rotatable bonds is 8. The van der Waals surface area contributed by atoms with Crippen molar-refractivity contribution >= 4 is 41.3 Å². The lowest BCUT2D eigenvalue weighted by atomic mass is 10.1. The van der Waals surface area contributed by atoms with Crippen molar-refractivity contribution in [2.45, 2.75) is 46.8 Å². The Labute approximate surface area is 236 Å². The topological polar surface area (TPSA) is 39.2 Å². The molecule has 7 heteroatoms. The monoisotopic (exact) mass is 563 g/mol. The molecule has 3 nitrogen and oxygen atoms in total. The number of carbonyl (C=O) groups is 1. The van der Waals surface area contributed by atoms with Crippen molar-refractivity contribution < 1.29 is 13.9 Å². The van der Waals surface area contributed by atoms with Crippen LogP contribution in [-0.4, -0.2) is 24.3 Å². The molecule has 1 atom stereocenters. The molecular weight excluding hydrogens is 528 g/mol. The third kappa shape index (κ3) is 13.9. The second-order valence-electron chi connectivity index (χ2n) is 6.54. The second-order valence-corrected chi connectivity index (χ2v) is 8.06. The summed E-state index contributed by atoms with van der Waals surface area (Å²) in [6.07, 6.45) is 16.0. The van der Waals surface area contributed by atoms with Crippen molar-refractivity contribution in [3.63, 3.8) is 0 Å². The zero-order valence-electron chi connectivity index (χ0n) is 22.1. The summed E-state index contributed by atoms with van der Waals surface area (Å²) < 4.78 is 19.3. The van der Waals surface area contributed by atoms with E-state index in [-0.39, 0.29) is 11.9 Å². The summed E-state index contributed by atoms with van der Waals surface area (Å²) >= 11 is 12.4. The molecule has 37 heavy (non-hydrogen) atoms. The maximum Gasteiger partial charge on any atom is 0.123 e. The first-order valence-electron chi connectivity index (χ1n) is 11.5. The molecule has 0 saturated heterocycles. The van der Waals surface area contributed by atoms with Gasteiger partial charge in [-0.1, -0.05) is 68.8 Å². The summed E-state index contributed by atoms with van der Waals surface area (Å²) in [6, 6.07) is 16.5. The molecule has 0 N–H and O–H groups in total. The fraction of sp³-hybridized carbons (Fsp3) is 0.267. The standard InChI is InChI=1S/C24H23ClFNOS.C2H6.C2H2.CH3Cl.CH2O/c1-3-4-10-20(25)15-17(2)28-16-22-27-23(18-11-13-21(26)14-12-18)24(29-22)19-8-6-5-7-9-19;4*1-2/h4-15,17H,3,16H2,1-2H3;1-2H3;1-2H;1H3;1H2/b10-4-,20-15+;;;;. The summed E-state index contributed by atoms with van der Waals surface area (Å²) in [5.74, 6) is -0.261. The van der Waals surface area contributed by atoms with Crippen LogP contribution in [0, 0.1) is 18.7 Å². The highest BCUT2D eigenvalue weighted by Gasteiger charge is 2.15. The molecule has 0 fully saturated rings. The first kappa shape index (κ1) is 36.4. The van der Waals surface area contributed by atoms with Crippen LogP contribution in [0.4, 0.5) is 4.39 Å². The number of thiazole rings is 1. The second kappa shape index (κ2) is 23.6. The third-order valence-corrected chi connectivity index (χ3v) is 5.53. The number of hydrogen-bond acceptors (Lipinski definition) is 4. The number of nitrogens with zero attached hydrogens (tertiary/aromatic N) is 1. The zero-order valence-corrected chi connectivity index (χ0v) is 24.4. The first-order valence-corrected chi connectivity index (χ1v) is 13.5. The summed E-state index contributed by atoms with van der Waals surface area (Å²) in [6.45, 7) is 10.4. The smallest absolute Gasteiger partial charge is 0.123 e. The van der Waals surface area contributed by atoms with Crippen LogP contribution in [0.3, 0.4) is 0 Å². The van der Waals surface area contributed by atoms with Crippen LogP contribution in [0.2, 0.25) is 0 Å². The Bertz CT molecular complexity index is 1050. The van der Waals surface area contributed by atoms with Crippen molar-refractivity contribution in [2.75, 3.05) is 6.38 Å². The minimum Gasteiger partial charge on any atom is -0.367 e. The number of carbonyl (C=O) groups excluding carboxylic acids is 1. The van der Waals surface area contributed by atoms with Gasteiger partial charge in [-0.2, -0.15) is 0 Å². The van der Waals surface area contributed by atoms with E-state index in [4.69, 9.17) is 26.1 Å². The maximum atomic E-state index is 13.4. The molecule has 200 valence electrons. The predicted octanol–water partition coefficient (Wildman–Crippen LogP) is 9.56. The predicted molar refractivity (Wildman–Crippen MR) is 161 cm³/mol. The highest BCUT2D eigenvalue weighted by atomic mass is 35.5. The van der Waals surface area contributed by atoms with Gasteiger partial charge in [0, 0.05) is 17.0 Å². The number of aromatic nitrogens is 1. The molecule has 0 radical (unpaired) electrons. The quantitative estimate of drug-likeness (QED) is 0.155. The molecule has 0 aliphatic heterocycles. The molecule has 0 aliphatic carbocycles. The maximum absolute atomic E-state index is 13.4. The van der Waals surface area contributed by atoms with Crippen molar-refractivity contribution in [1.29, 1.82) is 0 Å². The van der Waals surface area contributed by atoms with Gasteiger partial charge in [0.2, 0.25) is 0 Å². The Hall–Kier alpha value is -2.75. The Morgan fingerprint density at radius 1 is 1.08 bits per heavy atom. The number of ether oxygens (including phenoxy) is 1. The Morgan fingerprint density at radius 2 is 1.65 bits per heavy atom. The molecule has 0 aliphatic rings. The molecule has 1 aromatic heterocycles. The van der Waals surface area contributed by atoms with Crippen LogP contribution in [0.5, 0.6) is 0 Å². The van der Waals surface area contributed by atoms with Gasteiger partial charge in [0.1, 0.15) is 17.6 Å². The molecule has 0 spiro atoms. The zero-order chi connectivity index (χ0) is 28.6. The summed E-state index contributed by atoms with van der Waals surface area (Å²) in [5.41, 5.74) is 2.80. The van der Waals surface area contributed by atoms with Crippen LogP contribution < -0.4 is 0 Å². The van der Waals surface area contributed by atoms with Gasteiger partial charge in [-0.15, -0.1) is 35.8 Å². The number of halogens is 3. The van der Waals surface area contributed by atoms with E-state index in [0.29, 0.717) is 11.6 Å². The lowest BCUT2D eigenvalue weighted by Crippen LogP contribution is -2.04. The fourth-order valence-electron chi connectivity index (χ4n) is 2.78. The van der Waals surface area contributed by atoms with Crippen LogP contribution >= 0.6 is 34.5 Å². The van der Waals surface area contributed by atoms with Gasteiger partial charge >= 0.3 is 0 Å².